The highest BCUT2D eigenvalue weighted by Crippen LogP contribution is 2.32. The summed E-state index contributed by atoms with van der Waals surface area (Å²) in [6, 6.07) is 12.5. The first-order valence-electron chi connectivity index (χ1n) is 8.32. The van der Waals surface area contributed by atoms with Crippen molar-refractivity contribution in [1.82, 2.24) is 20.2 Å². The summed E-state index contributed by atoms with van der Waals surface area (Å²) in [5.74, 6) is 1.72. The predicted molar refractivity (Wildman–Crippen MR) is 94.3 cm³/mol. The third kappa shape index (κ3) is 3.08. The molecule has 2 aromatic carbocycles. The first-order chi connectivity index (χ1) is 12.7. The Balaban J connectivity index is 1.56. The molecule has 1 N–H and O–H groups in total. The Morgan fingerprint density at radius 1 is 1.15 bits per heavy atom. The molecule has 0 fully saturated rings. The van der Waals surface area contributed by atoms with Crippen LogP contribution in [-0.2, 0) is 6.54 Å². The fraction of sp³-hybridized carbons (Fsp3) is 0.222. The summed E-state index contributed by atoms with van der Waals surface area (Å²) in [6.07, 6.45) is 0. The molecule has 0 atom stereocenters. The Morgan fingerprint density at radius 3 is 2.85 bits per heavy atom. The maximum absolute atomic E-state index is 12.6. The molecule has 0 saturated carbocycles. The van der Waals surface area contributed by atoms with E-state index in [1.54, 1.807) is 35.0 Å². The molecule has 8 nitrogen and oxygen atoms in total. The zero-order chi connectivity index (χ0) is 17.9. The van der Waals surface area contributed by atoms with Crippen LogP contribution in [0, 0.1) is 0 Å². The zero-order valence-electron chi connectivity index (χ0n) is 14.2. The Kier molecular flexibility index (Phi) is 4.22. The Hall–Kier alpha value is -3.42. The number of nitrogens with one attached hydrogen (secondary N) is 1. The molecule has 0 unspecified atom stereocenters. The molecule has 8 heteroatoms. The summed E-state index contributed by atoms with van der Waals surface area (Å²) in [7, 11) is 0. The van der Waals surface area contributed by atoms with Gasteiger partial charge in [-0.15, -0.1) is 5.10 Å². The maximum atomic E-state index is 12.6. The van der Waals surface area contributed by atoms with Gasteiger partial charge < -0.3 is 14.8 Å². The van der Waals surface area contributed by atoms with E-state index in [4.69, 9.17) is 9.47 Å². The lowest BCUT2D eigenvalue weighted by Gasteiger charge is -2.19. The molecule has 0 bridgehead atoms. The van der Waals surface area contributed by atoms with Gasteiger partial charge in [0.25, 0.3) is 5.91 Å². The van der Waals surface area contributed by atoms with Crippen LogP contribution >= 0.6 is 0 Å². The van der Waals surface area contributed by atoms with E-state index in [0.717, 1.165) is 5.56 Å². The van der Waals surface area contributed by atoms with Crippen molar-refractivity contribution in [3.63, 3.8) is 0 Å². The number of tetrazole rings is 1. The number of hydrogen-bond acceptors (Lipinski definition) is 6. The number of anilines is 1. The van der Waals surface area contributed by atoms with Crippen LogP contribution in [-0.4, -0.2) is 39.3 Å². The van der Waals surface area contributed by atoms with Gasteiger partial charge in [-0.05, 0) is 41.6 Å². The van der Waals surface area contributed by atoms with Gasteiger partial charge in [-0.3, -0.25) is 4.79 Å². The lowest BCUT2D eigenvalue weighted by atomic mass is 10.1. The monoisotopic (exact) mass is 351 g/mol. The van der Waals surface area contributed by atoms with Crippen molar-refractivity contribution < 1.29 is 14.3 Å². The normalized spacial score (nSPS) is 12.7. The summed E-state index contributed by atoms with van der Waals surface area (Å²) in [5.41, 5.74) is 1.94. The number of fused-ring (bicyclic) bond motifs is 1. The molecular formula is C18H17N5O3. The Morgan fingerprint density at radius 2 is 2.00 bits per heavy atom. The number of carbonyl (C=O) groups is 1. The number of aromatic nitrogens is 4. The summed E-state index contributed by atoms with van der Waals surface area (Å²) in [6.45, 7) is 3.63. The zero-order valence-corrected chi connectivity index (χ0v) is 14.2. The molecule has 1 aliphatic heterocycles. The van der Waals surface area contributed by atoms with Gasteiger partial charge in [0.15, 0.2) is 17.3 Å². The van der Waals surface area contributed by atoms with Crippen molar-refractivity contribution in [2.24, 2.45) is 0 Å². The first-order valence-corrected chi connectivity index (χ1v) is 8.32. The van der Waals surface area contributed by atoms with Crippen molar-refractivity contribution >= 4 is 11.6 Å². The molecule has 1 amide bonds. The van der Waals surface area contributed by atoms with E-state index in [1.807, 2.05) is 19.1 Å². The summed E-state index contributed by atoms with van der Waals surface area (Å²) >= 11 is 0. The summed E-state index contributed by atoms with van der Waals surface area (Å²) < 4.78 is 12.7. The topological polar surface area (TPSA) is 91.2 Å². The molecule has 4 rings (SSSR count). The smallest absolute Gasteiger partial charge is 0.255 e. The standard InChI is InChI=1S/C18H17N5O3/c1-2-23-17(20-21-22-23)12-4-3-5-13(10-12)18(24)19-14-6-7-15-16(11-14)26-9-8-25-15/h3-7,10-11H,2,8-9H2,1H3,(H,19,24). The number of amides is 1. The Labute approximate surface area is 149 Å². The molecule has 1 aromatic heterocycles. The van der Waals surface area contributed by atoms with E-state index in [0.29, 0.717) is 48.3 Å². The van der Waals surface area contributed by atoms with Crippen molar-refractivity contribution in [3.8, 4) is 22.9 Å². The SMILES string of the molecule is CCn1nnnc1-c1cccc(C(=O)Nc2ccc3c(c2)OCCO3)c1. The number of carbonyl (C=O) groups excluding carboxylic acids is 1. The van der Waals surface area contributed by atoms with Crippen LogP contribution in [0.3, 0.4) is 0 Å². The fourth-order valence-electron chi connectivity index (χ4n) is 2.75. The van der Waals surface area contributed by atoms with Gasteiger partial charge >= 0.3 is 0 Å². The number of aryl methyl sites for hydroxylation is 1. The van der Waals surface area contributed by atoms with E-state index in [1.165, 1.54) is 0 Å². The molecule has 132 valence electrons. The first kappa shape index (κ1) is 16.1. The van der Waals surface area contributed by atoms with Gasteiger partial charge in [0.2, 0.25) is 0 Å². The van der Waals surface area contributed by atoms with Crippen LogP contribution in [0.15, 0.2) is 42.5 Å². The quantitative estimate of drug-likeness (QED) is 0.776. The molecule has 0 spiro atoms. The second-order valence-electron chi connectivity index (χ2n) is 5.71. The van der Waals surface area contributed by atoms with Crippen molar-refractivity contribution in [2.45, 2.75) is 13.5 Å². The highest BCUT2D eigenvalue weighted by atomic mass is 16.6. The average Bonchev–Trinajstić information content (AvgIpc) is 3.17. The highest BCUT2D eigenvalue weighted by molar-refractivity contribution is 6.05. The van der Waals surface area contributed by atoms with Crippen LogP contribution < -0.4 is 14.8 Å². The van der Waals surface area contributed by atoms with Crippen LogP contribution in [0.1, 0.15) is 17.3 Å². The molecule has 3 aromatic rings. The molecular weight excluding hydrogens is 334 g/mol. The van der Waals surface area contributed by atoms with Crippen LogP contribution in [0.5, 0.6) is 11.5 Å². The maximum Gasteiger partial charge on any atom is 0.255 e. The number of hydrogen-bond donors (Lipinski definition) is 1. The van der Waals surface area contributed by atoms with Gasteiger partial charge in [-0.2, -0.15) is 0 Å². The van der Waals surface area contributed by atoms with E-state index in [2.05, 4.69) is 20.8 Å². The molecule has 0 radical (unpaired) electrons. The Bertz CT molecular complexity index is 954. The van der Waals surface area contributed by atoms with Crippen LogP contribution in [0.2, 0.25) is 0 Å². The molecule has 26 heavy (non-hydrogen) atoms. The van der Waals surface area contributed by atoms with Crippen LogP contribution in [0.4, 0.5) is 5.69 Å². The number of ether oxygens (including phenoxy) is 2. The average molecular weight is 351 g/mol. The van der Waals surface area contributed by atoms with Crippen molar-refractivity contribution in [3.05, 3.63) is 48.0 Å². The van der Waals surface area contributed by atoms with Gasteiger partial charge in [0.05, 0.1) is 0 Å². The van der Waals surface area contributed by atoms with Crippen molar-refractivity contribution in [1.29, 1.82) is 0 Å². The van der Waals surface area contributed by atoms with Gasteiger partial charge in [0, 0.05) is 29.4 Å². The lowest BCUT2D eigenvalue weighted by molar-refractivity contribution is 0.102. The van der Waals surface area contributed by atoms with Crippen molar-refractivity contribution in [2.75, 3.05) is 18.5 Å². The van der Waals surface area contributed by atoms with E-state index in [-0.39, 0.29) is 5.91 Å². The third-order valence-electron chi connectivity index (χ3n) is 4.01. The number of benzene rings is 2. The minimum Gasteiger partial charge on any atom is -0.486 e. The van der Waals surface area contributed by atoms with Gasteiger partial charge in [-0.25, -0.2) is 4.68 Å². The highest BCUT2D eigenvalue weighted by Gasteiger charge is 2.15. The van der Waals surface area contributed by atoms with E-state index >= 15 is 0 Å². The molecule has 0 aliphatic carbocycles. The third-order valence-corrected chi connectivity index (χ3v) is 4.01. The summed E-state index contributed by atoms with van der Waals surface area (Å²) in [5, 5.41) is 14.5. The van der Waals surface area contributed by atoms with E-state index in [9.17, 15) is 4.79 Å². The number of nitrogens with zero attached hydrogens (tertiary/aromatic N) is 4. The second kappa shape index (κ2) is 6.83. The minimum absolute atomic E-state index is 0.223. The predicted octanol–water partition coefficient (Wildman–Crippen LogP) is 2.38. The second-order valence-corrected chi connectivity index (χ2v) is 5.71. The molecule has 1 aliphatic rings. The molecule has 0 saturated heterocycles. The van der Waals surface area contributed by atoms with Gasteiger partial charge in [0.1, 0.15) is 13.2 Å². The van der Waals surface area contributed by atoms with Crippen LogP contribution in [0.25, 0.3) is 11.4 Å². The largest absolute Gasteiger partial charge is 0.486 e. The summed E-state index contributed by atoms with van der Waals surface area (Å²) in [4.78, 5) is 12.6. The lowest BCUT2D eigenvalue weighted by Crippen LogP contribution is -2.16. The fourth-order valence-corrected chi connectivity index (χ4v) is 2.75. The minimum atomic E-state index is -0.223. The van der Waals surface area contributed by atoms with Gasteiger partial charge in [-0.1, -0.05) is 12.1 Å². The number of rotatable bonds is 4. The van der Waals surface area contributed by atoms with E-state index < -0.39 is 0 Å². The molecule has 2 heterocycles.